The Morgan fingerprint density at radius 1 is 1.22 bits per heavy atom. The summed E-state index contributed by atoms with van der Waals surface area (Å²) >= 11 is 6.86. The summed E-state index contributed by atoms with van der Waals surface area (Å²) in [7, 11) is 0. The standard InChI is InChI=1S/C23H23Br2N3O4/c1-4-6-21-27-19-9-8-16(24)12-17(19)22(29)28(21)26-13-15-7-10-20(18(25)11-15)32-14(3)23(30)31-5-2/h7-14H,4-6H2,1-3H3/t14-/m1/s1. The topological polar surface area (TPSA) is 82.8 Å². The maximum atomic E-state index is 13.1. The molecule has 0 fully saturated rings. The van der Waals surface area contributed by atoms with E-state index in [0.29, 0.717) is 40.0 Å². The van der Waals surface area contributed by atoms with Gasteiger partial charge in [-0.05, 0) is 78.2 Å². The van der Waals surface area contributed by atoms with Crippen LogP contribution < -0.4 is 10.3 Å². The number of carbonyl (C=O) groups excluding carboxylic acids is 1. The Kier molecular flexibility index (Phi) is 8.20. The first kappa shape index (κ1) is 24.1. The van der Waals surface area contributed by atoms with Gasteiger partial charge in [-0.15, -0.1) is 0 Å². The first-order valence-electron chi connectivity index (χ1n) is 10.2. The first-order chi connectivity index (χ1) is 15.3. The van der Waals surface area contributed by atoms with Gasteiger partial charge >= 0.3 is 5.97 Å². The highest BCUT2D eigenvalue weighted by Gasteiger charge is 2.17. The minimum absolute atomic E-state index is 0.224. The molecule has 0 saturated heterocycles. The molecule has 0 aliphatic carbocycles. The van der Waals surface area contributed by atoms with Crippen LogP contribution in [-0.4, -0.2) is 34.6 Å². The molecule has 0 spiro atoms. The molecule has 0 unspecified atom stereocenters. The summed E-state index contributed by atoms with van der Waals surface area (Å²) in [6, 6.07) is 10.7. The van der Waals surface area contributed by atoms with Gasteiger partial charge in [0.15, 0.2) is 6.10 Å². The molecule has 0 saturated carbocycles. The van der Waals surface area contributed by atoms with Crippen LogP contribution in [0.3, 0.4) is 0 Å². The zero-order valence-corrected chi connectivity index (χ0v) is 21.1. The van der Waals surface area contributed by atoms with E-state index in [1.165, 1.54) is 4.68 Å². The first-order valence-corrected chi connectivity index (χ1v) is 11.8. The maximum absolute atomic E-state index is 13.1. The van der Waals surface area contributed by atoms with E-state index in [1.54, 1.807) is 44.3 Å². The summed E-state index contributed by atoms with van der Waals surface area (Å²) < 4.78 is 13.4. The maximum Gasteiger partial charge on any atom is 0.347 e. The largest absolute Gasteiger partial charge is 0.478 e. The van der Waals surface area contributed by atoms with Gasteiger partial charge in [-0.25, -0.2) is 9.78 Å². The SMILES string of the molecule is CCCc1nc2ccc(Br)cc2c(=O)n1N=Cc1ccc(O[C@H](C)C(=O)OCC)c(Br)c1. The number of halogens is 2. The number of aryl methyl sites for hydroxylation is 1. The molecule has 0 amide bonds. The van der Waals surface area contributed by atoms with Gasteiger partial charge in [0.05, 0.1) is 28.2 Å². The highest BCUT2D eigenvalue weighted by molar-refractivity contribution is 9.10. The zero-order valence-electron chi connectivity index (χ0n) is 18.0. The fourth-order valence-electron chi connectivity index (χ4n) is 3.01. The van der Waals surface area contributed by atoms with Crippen LogP contribution in [0.5, 0.6) is 5.75 Å². The second-order valence-corrected chi connectivity index (χ2v) is 8.77. The average molecular weight is 565 g/mol. The molecule has 0 aliphatic rings. The van der Waals surface area contributed by atoms with Gasteiger partial charge in [0.25, 0.3) is 5.56 Å². The number of nitrogens with zero attached hydrogens (tertiary/aromatic N) is 3. The molecule has 168 valence electrons. The second-order valence-electron chi connectivity index (χ2n) is 7.00. The van der Waals surface area contributed by atoms with Gasteiger partial charge in [-0.1, -0.05) is 22.9 Å². The average Bonchev–Trinajstić information content (AvgIpc) is 2.76. The monoisotopic (exact) mass is 563 g/mol. The van der Waals surface area contributed by atoms with E-state index in [0.717, 1.165) is 16.5 Å². The Hall–Kier alpha value is -2.52. The van der Waals surface area contributed by atoms with E-state index in [9.17, 15) is 9.59 Å². The summed E-state index contributed by atoms with van der Waals surface area (Å²) in [6.07, 6.45) is 2.32. The number of rotatable bonds is 8. The quantitative estimate of drug-likeness (QED) is 0.281. The minimum atomic E-state index is -0.732. The lowest BCUT2D eigenvalue weighted by atomic mass is 10.2. The van der Waals surface area contributed by atoms with Crippen LogP contribution in [0.25, 0.3) is 10.9 Å². The van der Waals surface area contributed by atoms with E-state index in [1.807, 2.05) is 19.1 Å². The molecule has 9 heteroatoms. The van der Waals surface area contributed by atoms with Gasteiger partial charge in [0, 0.05) is 10.9 Å². The van der Waals surface area contributed by atoms with Gasteiger partial charge in [-0.3, -0.25) is 4.79 Å². The van der Waals surface area contributed by atoms with Crippen molar-refractivity contribution < 1.29 is 14.3 Å². The Bertz CT molecular complexity index is 1220. The third kappa shape index (κ3) is 5.63. The molecule has 0 aliphatic heterocycles. The van der Waals surface area contributed by atoms with E-state index in [2.05, 4.69) is 41.9 Å². The number of aromatic nitrogens is 2. The number of carbonyl (C=O) groups is 1. The number of ether oxygens (including phenoxy) is 2. The summed E-state index contributed by atoms with van der Waals surface area (Å²) in [6.45, 7) is 5.70. The zero-order chi connectivity index (χ0) is 23.3. The normalized spacial score (nSPS) is 12.3. The molecule has 0 N–H and O–H groups in total. The van der Waals surface area contributed by atoms with Crippen molar-refractivity contribution in [2.45, 2.75) is 39.7 Å². The molecule has 1 atom stereocenters. The summed E-state index contributed by atoms with van der Waals surface area (Å²) in [5, 5.41) is 4.92. The highest BCUT2D eigenvalue weighted by Crippen LogP contribution is 2.27. The predicted molar refractivity (Wildman–Crippen MR) is 132 cm³/mol. The molecule has 0 bridgehead atoms. The molecule has 2 aromatic carbocycles. The molecular formula is C23H23Br2N3O4. The van der Waals surface area contributed by atoms with Crippen LogP contribution in [0.2, 0.25) is 0 Å². The van der Waals surface area contributed by atoms with Crippen molar-refractivity contribution >= 4 is 54.9 Å². The lowest BCUT2D eigenvalue weighted by Crippen LogP contribution is -2.26. The van der Waals surface area contributed by atoms with Crippen molar-refractivity contribution in [2.24, 2.45) is 5.10 Å². The summed E-state index contributed by atoms with van der Waals surface area (Å²) in [4.78, 5) is 29.5. The van der Waals surface area contributed by atoms with Crippen LogP contribution in [-0.2, 0) is 16.0 Å². The minimum Gasteiger partial charge on any atom is -0.478 e. The van der Waals surface area contributed by atoms with Gasteiger partial charge < -0.3 is 9.47 Å². The third-order valence-corrected chi connectivity index (χ3v) is 5.66. The number of hydrogen-bond acceptors (Lipinski definition) is 6. The lowest BCUT2D eigenvalue weighted by Gasteiger charge is -2.14. The van der Waals surface area contributed by atoms with Crippen LogP contribution in [0.1, 0.15) is 38.6 Å². The number of fused-ring (bicyclic) bond motifs is 1. The predicted octanol–water partition coefficient (Wildman–Crippen LogP) is 5.09. The Labute approximate surface area is 202 Å². The van der Waals surface area contributed by atoms with E-state index in [4.69, 9.17) is 9.47 Å². The highest BCUT2D eigenvalue weighted by atomic mass is 79.9. The lowest BCUT2D eigenvalue weighted by molar-refractivity contribution is -0.150. The molecule has 32 heavy (non-hydrogen) atoms. The van der Waals surface area contributed by atoms with Gasteiger partial charge in [0.1, 0.15) is 11.6 Å². The summed E-state index contributed by atoms with van der Waals surface area (Å²) in [5.74, 6) is 0.679. The second kappa shape index (κ2) is 10.9. The van der Waals surface area contributed by atoms with E-state index < -0.39 is 12.1 Å². The number of benzene rings is 2. The fraction of sp³-hybridized carbons (Fsp3) is 0.304. The Morgan fingerprint density at radius 2 is 2.00 bits per heavy atom. The van der Waals surface area contributed by atoms with Gasteiger partial charge in [-0.2, -0.15) is 9.78 Å². The van der Waals surface area contributed by atoms with E-state index in [-0.39, 0.29) is 5.56 Å². The number of esters is 1. The molecule has 7 nitrogen and oxygen atoms in total. The summed E-state index contributed by atoms with van der Waals surface area (Å²) in [5.41, 5.74) is 1.17. The smallest absolute Gasteiger partial charge is 0.347 e. The fourth-order valence-corrected chi connectivity index (χ4v) is 3.87. The molecule has 0 radical (unpaired) electrons. The van der Waals surface area contributed by atoms with E-state index >= 15 is 0 Å². The van der Waals surface area contributed by atoms with Crippen molar-refractivity contribution in [3.05, 3.63) is 67.1 Å². The van der Waals surface area contributed by atoms with Crippen LogP contribution >= 0.6 is 31.9 Å². The van der Waals surface area contributed by atoms with Crippen LogP contribution in [0, 0.1) is 0 Å². The molecule has 1 heterocycles. The van der Waals surface area contributed by atoms with Crippen molar-refractivity contribution in [2.75, 3.05) is 6.61 Å². The Morgan fingerprint density at radius 3 is 2.69 bits per heavy atom. The number of hydrogen-bond donors (Lipinski definition) is 0. The Balaban J connectivity index is 1.91. The van der Waals surface area contributed by atoms with Crippen LogP contribution in [0.4, 0.5) is 0 Å². The van der Waals surface area contributed by atoms with Crippen molar-refractivity contribution in [3.8, 4) is 5.75 Å². The molecule has 3 aromatic rings. The van der Waals surface area contributed by atoms with Crippen molar-refractivity contribution in [1.29, 1.82) is 0 Å². The third-order valence-electron chi connectivity index (χ3n) is 4.55. The van der Waals surface area contributed by atoms with Crippen molar-refractivity contribution in [1.82, 2.24) is 9.66 Å². The van der Waals surface area contributed by atoms with Gasteiger partial charge in [0.2, 0.25) is 0 Å². The molecular weight excluding hydrogens is 542 g/mol. The molecule has 1 aromatic heterocycles. The van der Waals surface area contributed by atoms with Crippen LogP contribution in [0.15, 0.2) is 55.2 Å². The van der Waals surface area contributed by atoms with Crippen molar-refractivity contribution in [3.63, 3.8) is 0 Å². The molecule has 3 rings (SSSR count).